The molecule has 6 heteroatoms. The van der Waals surface area contributed by atoms with Gasteiger partial charge in [-0.1, -0.05) is 19.0 Å². The Morgan fingerprint density at radius 1 is 1.32 bits per heavy atom. The average Bonchev–Trinajstić information content (AvgIpc) is 2.89. The third-order valence-corrected chi connectivity index (χ3v) is 2.74. The Balaban J connectivity index is 2.18. The van der Waals surface area contributed by atoms with Crippen LogP contribution >= 0.6 is 0 Å². The summed E-state index contributed by atoms with van der Waals surface area (Å²) in [7, 11) is 0. The van der Waals surface area contributed by atoms with Gasteiger partial charge in [0.15, 0.2) is 11.6 Å². The van der Waals surface area contributed by atoms with Crippen LogP contribution < -0.4 is 5.32 Å². The van der Waals surface area contributed by atoms with Gasteiger partial charge >= 0.3 is 0 Å². The van der Waals surface area contributed by atoms with Crippen LogP contribution in [0.15, 0.2) is 22.7 Å². The molecule has 0 aliphatic heterocycles. The van der Waals surface area contributed by atoms with Gasteiger partial charge in [-0.2, -0.15) is 4.98 Å². The van der Waals surface area contributed by atoms with Crippen molar-refractivity contribution in [2.24, 2.45) is 0 Å². The highest BCUT2D eigenvalue weighted by Gasteiger charge is 2.15. The van der Waals surface area contributed by atoms with Crippen LogP contribution in [0.5, 0.6) is 0 Å². The molecule has 102 valence electrons. The lowest BCUT2D eigenvalue weighted by molar-refractivity contribution is 0.355. The van der Waals surface area contributed by atoms with E-state index in [0.29, 0.717) is 11.5 Å². The SMILES string of the molecule is CCNCC(C)c1nc(-c2ccc(F)c(F)c2)no1. The molecule has 1 N–H and O–H groups in total. The van der Waals surface area contributed by atoms with Crippen molar-refractivity contribution in [1.82, 2.24) is 15.5 Å². The van der Waals surface area contributed by atoms with Crippen molar-refractivity contribution in [1.29, 1.82) is 0 Å². The van der Waals surface area contributed by atoms with E-state index in [2.05, 4.69) is 15.5 Å². The second-order valence-electron chi connectivity index (χ2n) is 4.29. The maximum atomic E-state index is 13.1. The highest BCUT2D eigenvalue weighted by molar-refractivity contribution is 5.54. The fourth-order valence-electron chi connectivity index (χ4n) is 1.64. The topological polar surface area (TPSA) is 51.0 Å². The van der Waals surface area contributed by atoms with Crippen LogP contribution in [0.4, 0.5) is 8.78 Å². The average molecular weight is 267 g/mol. The first-order valence-electron chi connectivity index (χ1n) is 6.11. The Morgan fingerprint density at radius 3 is 2.79 bits per heavy atom. The molecule has 2 rings (SSSR count). The van der Waals surface area contributed by atoms with Gasteiger partial charge in [-0.05, 0) is 24.7 Å². The first kappa shape index (κ1) is 13.6. The lowest BCUT2D eigenvalue weighted by Crippen LogP contribution is -2.19. The summed E-state index contributed by atoms with van der Waals surface area (Å²) in [5.74, 6) is -1.03. The van der Waals surface area contributed by atoms with E-state index in [9.17, 15) is 8.78 Å². The Bertz CT molecular complexity index is 557. The van der Waals surface area contributed by atoms with Crippen LogP contribution in [-0.2, 0) is 0 Å². The second kappa shape index (κ2) is 5.88. The molecule has 0 radical (unpaired) electrons. The highest BCUT2D eigenvalue weighted by Crippen LogP contribution is 2.21. The predicted octanol–water partition coefficient (Wildman–Crippen LogP) is 2.73. The maximum Gasteiger partial charge on any atom is 0.231 e. The zero-order chi connectivity index (χ0) is 13.8. The molecule has 0 saturated carbocycles. The largest absolute Gasteiger partial charge is 0.339 e. The molecule has 1 unspecified atom stereocenters. The normalized spacial score (nSPS) is 12.6. The number of nitrogens with one attached hydrogen (secondary N) is 1. The van der Waals surface area contributed by atoms with E-state index in [1.165, 1.54) is 6.07 Å². The van der Waals surface area contributed by atoms with Gasteiger partial charge in [0.2, 0.25) is 11.7 Å². The van der Waals surface area contributed by atoms with Gasteiger partial charge in [-0.15, -0.1) is 0 Å². The van der Waals surface area contributed by atoms with Crippen LogP contribution in [-0.4, -0.2) is 23.2 Å². The molecule has 1 aromatic heterocycles. The third kappa shape index (κ3) is 3.14. The summed E-state index contributed by atoms with van der Waals surface area (Å²) in [6.45, 7) is 5.53. The predicted molar refractivity (Wildman–Crippen MR) is 66.6 cm³/mol. The highest BCUT2D eigenvalue weighted by atomic mass is 19.2. The fraction of sp³-hybridized carbons (Fsp3) is 0.385. The standard InChI is InChI=1S/C13H15F2N3O/c1-3-16-7-8(2)13-17-12(18-19-13)9-4-5-10(14)11(15)6-9/h4-6,8,16H,3,7H2,1-2H3. The van der Waals surface area contributed by atoms with E-state index < -0.39 is 11.6 Å². The Hall–Kier alpha value is -1.82. The van der Waals surface area contributed by atoms with E-state index in [-0.39, 0.29) is 11.7 Å². The number of halogens is 2. The van der Waals surface area contributed by atoms with Crippen molar-refractivity contribution in [2.75, 3.05) is 13.1 Å². The molecule has 0 bridgehead atoms. The van der Waals surface area contributed by atoms with Crippen molar-refractivity contribution in [2.45, 2.75) is 19.8 Å². The lowest BCUT2D eigenvalue weighted by Gasteiger charge is -2.05. The minimum absolute atomic E-state index is 0.0616. The molecular formula is C13H15F2N3O. The molecule has 1 aromatic carbocycles. The van der Waals surface area contributed by atoms with Crippen LogP contribution in [0.3, 0.4) is 0 Å². The third-order valence-electron chi connectivity index (χ3n) is 2.74. The Morgan fingerprint density at radius 2 is 2.11 bits per heavy atom. The van der Waals surface area contributed by atoms with Gasteiger partial charge in [0, 0.05) is 18.0 Å². The molecule has 0 aliphatic rings. The van der Waals surface area contributed by atoms with E-state index >= 15 is 0 Å². The first-order chi connectivity index (χ1) is 9.11. The molecule has 0 saturated heterocycles. The number of benzene rings is 1. The smallest absolute Gasteiger partial charge is 0.231 e. The summed E-state index contributed by atoms with van der Waals surface area (Å²) < 4.78 is 31.1. The summed E-state index contributed by atoms with van der Waals surface area (Å²) in [6.07, 6.45) is 0. The van der Waals surface area contributed by atoms with Crippen LogP contribution in [0.25, 0.3) is 11.4 Å². The number of likely N-dealkylation sites (N-methyl/N-ethyl adjacent to an activating group) is 1. The summed E-state index contributed by atoms with van der Waals surface area (Å²) >= 11 is 0. The van der Waals surface area contributed by atoms with Gasteiger partial charge in [0.25, 0.3) is 0 Å². The van der Waals surface area contributed by atoms with E-state index in [1.54, 1.807) is 0 Å². The van der Waals surface area contributed by atoms with Crippen molar-refractivity contribution in [3.8, 4) is 11.4 Å². The minimum Gasteiger partial charge on any atom is -0.339 e. The molecule has 1 heterocycles. The second-order valence-corrected chi connectivity index (χ2v) is 4.29. The number of hydrogen-bond donors (Lipinski definition) is 1. The molecule has 0 aliphatic carbocycles. The molecular weight excluding hydrogens is 252 g/mol. The summed E-state index contributed by atoms with van der Waals surface area (Å²) in [5.41, 5.74) is 0.393. The number of rotatable bonds is 5. The fourth-order valence-corrected chi connectivity index (χ4v) is 1.64. The van der Waals surface area contributed by atoms with Crippen LogP contribution in [0.1, 0.15) is 25.7 Å². The molecule has 2 aromatic rings. The van der Waals surface area contributed by atoms with Gasteiger partial charge in [-0.3, -0.25) is 0 Å². The van der Waals surface area contributed by atoms with E-state index in [4.69, 9.17) is 4.52 Å². The monoisotopic (exact) mass is 267 g/mol. The van der Waals surface area contributed by atoms with Gasteiger partial charge in [-0.25, -0.2) is 8.78 Å². The van der Waals surface area contributed by atoms with E-state index in [1.807, 2.05) is 13.8 Å². The first-order valence-corrected chi connectivity index (χ1v) is 6.11. The number of nitrogens with zero attached hydrogens (tertiary/aromatic N) is 2. The minimum atomic E-state index is -0.926. The van der Waals surface area contributed by atoms with Crippen molar-refractivity contribution in [3.05, 3.63) is 35.7 Å². The maximum absolute atomic E-state index is 13.1. The van der Waals surface area contributed by atoms with E-state index in [0.717, 1.165) is 25.2 Å². The number of aromatic nitrogens is 2. The van der Waals surface area contributed by atoms with Crippen LogP contribution in [0, 0.1) is 11.6 Å². The molecule has 19 heavy (non-hydrogen) atoms. The number of hydrogen-bond acceptors (Lipinski definition) is 4. The summed E-state index contributed by atoms with van der Waals surface area (Å²) in [6, 6.07) is 3.52. The molecule has 4 nitrogen and oxygen atoms in total. The van der Waals surface area contributed by atoms with Crippen LogP contribution in [0.2, 0.25) is 0 Å². The Kier molecular flexibility index (Phi) is 4.21. The molecule has 0 amide bonds. The molecule has 1 atom stereocenters. The quantitative estimate of drug-likeness (QED) is 0.905. The van der Waals surface area contributed by atoms with Gasteiger partial charge < -0.3 is 9.84 Å². The Labute approximate surface area is 109 Å². The van der Waals surface area contributed by atoms with Crippen molar-refractivity contribution >= 4 is 0 Å². The van der Waals surface area contributed by atoms with Crippen molar-refractivity contribution in [3.63, 3.8) is 0 Å². The summed E-state index contributed by atoms with van der Waals surface area (Å²) in [5, 5.41) is 6.96. The lowest BCUT2D eigenvalue weighted by atomic mass is 10.1. The van der Waals surface area contributed by atoms with Gasteiger partial charge in [0.1, 0.15) is 0 Å². The van der Waals surface area contributed by atoms with Gasteiger partial charge in [0.05, 0.1) is 0 Å². The molecule has 0 spiro atoms. The zero-order valence-corrected chi connectivity index (χ0v) is 10.8. The summed E-state index contributed by atoms with van der Waals surface area (Å²) in [4.78, 5) is 4.20. The van der Waals surface area contributed by atoms with Crippen molar-refractivity contribution < 1.29 is 13.3 Å². The zero-order valence-electron chi connectivity index (χ0n) is 10.8. The molecule has 0 fully saturated rings.